The molecule has 21 heavy (non-hydrogen) atoms. The fourth-order valence-corrected chi connectivity index (χ4v) is 2.83. The number of carbonyl (C=O) groups is 2. The van der Waals surface area contributed by atoms with E-state index in [1.807, 2.05) is 4.90 Å². The molecular weight excluding hydrogens is 270 g/mol. The summed E-state index contributed by atoms with van der Waals surface area (Å²) in [7, 11) is 0. The van der Waals surface area contributed by atoms with Crippen LogP contribution in [-0.2, 0) is 9.59 Å². The number of carbonyl (C=O) groups excluding carboxylic acids is 2. The minimum atomic E-state index is -0.231. The fourth-order valence-electron chi connectivity index (χ4n) is 2.83. The van der Waals surface area contributed by atoms with E-state index in [4.69, 9.17) is 10.5 Å². The van der Waals surface area contributed by atoms with Crippen LogP contribution in [-0.4, -0.2) is 43.0 Å². The topological polar surface area (TPSA) is 75.9 Å². The van der Waals surface area contributed by atoms with E-state index in [9.17, 15) is 9.59 Å². The summed E-state index contributed by atoms with van der Waals surface area (Å²) in [6, 6.07) is 5.24. The summed E-state index contributed by atoms with van der Waals surface area (Å²) < 4.78 is 5.38. The molecule has 0 radical (unpaired) electrons. The second kappa shape index (κ2) is 5.63. The number of anilines is 2. The van der Waals surface area contributed by atoms with Gasteiger partial charge in [0.15, 0.2) is 6.61 Å². The Labute approximate surface area is 123 Å². The minimum Gasteiger partial charge on any atom is -0.481 e. The molecule has 6 heteroatoms. The highest BCUT2D eigenvalue weighted by molar-refractivity contribution is 6.04. The molecule has 0 unspecified atom stereocenters. The van der Waals surface area contributed by atoms with Crippen molar-refractivity contribution in [1.82, 2.24) is 4.90 Å². The predicted molar refractivity (Wildman–Crippen MR) is 79.1 cm³/mol. The van der Waals surface area contributed by atoms with E-state index >= 15 is 0 Å². The number of piperidine rings is 1. The number of nitrogen functional groups attached to an aromatic ring is 1. The fraction of sp³-hybridized carbons (Fsp3) is 0.467. The number of hydrogen-bond acceptors (Lipinski definition) is 4. The van der Waals surface area contributed by atoms with Crippen molar-refractivity contribution >= 4 is 23.2 Å². The number of amides is 2. The molecule has 1 aromatic carbocycles. The molecule has 6 nitrogen and oxygen atoms in total. The van der Waals surface area contributed by atoms with Gasteiger partial charge < -0.3 is 15.4 Å². The molecule has 112 valence electrons. The van der Waals surface area contributed by atoms with Crippen LogP contribution in [0.2, 0.25) is 0 Å². The largest absolute Gasteiger partial charge is 0.481 e. The first-order valence-electron chi connectivity index (χ1n) is 7.26. The van der Waals surface area contributed by atoms with Gasteiger partial charge in [-0.2, -0.15) is 0 Å². The third kappa shape index (κ3) is 2.66. The molecule has 0 spiro atoms. The van der Waals surface area contributed by atoms with Gasteiger partial charge in [-0.25, -0.2) is 0 Å². The first-order valence-corrected chi connectivity index (χ1v) is 7.26. The van der Waals surface area contributed by atoms with Crippen LogP contribution in [0.3, 0.4) is 0 Å². The number of benzene rings is 1. The van der Waals surface area contributed by atoms with Gasteiger partial charge in [0.1, 0.15) is 18.0 Å². The van der Waals surface area contributed by atoms with E-state index in [0.717, 1.165) is 32.4 Å². The highest BCUT2D eigenvalue weighted by Gasteiger charge is 2.30. The average Bonchev–Trinajstić information content (AvgIpc) is 2.51. The number of nitrogens with zero attached hydrogens (tertiary/aromatic N) is 2. The third-order valence-corrected chi connectivity index (χ3v) is 3.95. The molecule has 1 fully saturated rings. The second-order valence-corrected chi connectivity index (χ2v) is 5.40. The van der Waals surface area contributed by atoms with Crippen molar-refractivity contribution in [3.8, 4) is 5.75 Å². The zero-order chi connectivity index (χ0) is 14.8. The molecule has 0 saturated carbocycles. The maximum Gasteiger partial charge on any atom is 0.265 e. The van der Waals surface area contributed by atoms with Crippen molar-refractivity contribution in [2.45, 2.75) is 19.3 Å². The lowest BCUT2D eigenvalue weighted by atomic mass is 10.1. The second-order valence-electron chi connectivity index (χ2n) is 5.40. The van der Waals surface area contributed by atoms with Crippen molar-refractivity contribution < 1.29 is 14.3 Å². The molecule has 0 aliphatic carbocycles. The van der Waals surface area contributed by atoms with Crippen LogP contribution < -0.4 is 15.4 Å². The lowest BCUT2D eigenvalue weighted by Gasteiger charge is -2.33. The van der Waals surface area contributed by atoms with E-state index < -0.39 is 0 Å². The van der Waals surface area contributed by atoms with Crippen molar-refractivity contribution in [3.05, 3.63) is 18.2 Å². The van der Waals surface area contributed by atoms with Crippen molar-refractivity contribution in [2.75, 3.05) is 36.9 Å². The standard InChI is InChI=1S/C15H19N3O3/c16-11-5-4-6-12-15(11)18(14(20)10-21-12)9-13(19)17-7-2-1-3-8-17/h4-6H,1-3,7-10,16H2. The van der Waals surface area contributed by atoms with Crippen LogP contribution in [0.15, 0.2) is 18.2 Å². The summed E-state index contributed by atoms with van der Waals surface area (Å²) in [6.45, 7) is 1.52. The molecule has 2 aliphatic rings. The lowest BCUT2D eigenvalue weighted by Crippen LogP contribution is -2.47. The number of fused-ring (bicyclic) bond motifs is 1. The summed E-state index contributed by atoms with van der Waals surface area (Å²) >= 11 is 0. The van der Waals surface area contributed by atoms with Crippen molar-refractivity contribution in [3.63, 3.8) is 0 Å². The first kappa shape index (κ1) is 13.7. The Balaban J connectivity index is 1.81. The highest BCUT2D eigenvalue weighted by atomic mass is 16.5. The predicted octanol–water partition coefficient (Wildman–Crippen LogP) is 1.01. The van der Waals surface area contributed by atoms with Gasteiger partial charge in [-0.3, -0.25) is 14.5 Å². The molecule has 1 saturated heterocycles. The number of likely N-dealkylation sites (tertiary alicyclic amines) is 1. The van der Waals surface area contributed by atoms with Crippen LogP contribution in [0.1, 0.15) is 19.3 Å². The summed E-state index contributed by atoms with van der Waals surface area (Å²) in [5.74, 6) is 0.297. The van der Waals surface area contributed by atoms with E-state index in [1.165, 1.54) is 4.90 Å². The van der Waals surface area contributed by atoms with Gasteiger partial charge in [0.05, 0.1) is 5.69 Å². The molecular formula is C15H19N3O3. The number of nitrogens with two attached hydrogens (primary N) is 1. The zero-order valence-electron chi connectivity index (χ0n) is 11.9. The van der Waals surface area contributed by atoms with E-state index in [2.05, 4.69) is 0 Å². The summed E-state index contributed by atoms with van der Waals surface area (Å²) in [4.78, 5) is 27.8. The van der Waals surface area contributed by atoms with Crippen LogP contribution in [0.25, 0.3) is 0 Å². The Morgan fingerprint density at radius 3 is 2.76 bits per heavy atom. The number of ether oxygens (including phenoxy) is 1. The van der Waals surface area contributed by atoms with Gasteiger partial charge in [-0.1, -0.05) is 6.07 Å². The summed E-state index contributed by atoms with van der Waals surface area (Å²) in [6.07, 6.45) is 3.22. The number of para-hydroxylation sites is 1. The highest BCUT2D eigenvalue weighted by Crippen LogP contribution is 2.37. The van der Waals surface area contributed by atoms with Crippen LogP contribution in [0.5, 0.6) is 5.75 Å². The van der Waals surface area contributed by atoms with Gasteiger partial charge in [0, 0.05) is 13.1 Å². The van der Waals surface area contributed by atoms with Gasteiger partial charge in [0.25, 0.3) is 5.91 Å². The van der Waals surface area contributed by atoms with Crippen LogP contribution >= 0.6 is 0 Å². The van der Waals surface area contributed by atoms with E-state index in [-0.39, 0.29) is 25.0 Å². The van der Waals surface area contributed by atoms with E-state index in [1.54, 1.807) is 18.2 Å². The maximum atomic E-state index is 12.4. The van der Waals surface area contributed by atoms with Gasteiger partial charge in [-0.05, 0) is 31.4 Å². The summed E-state index contributed by atoms with van der Waals surface area (Å²) in [5.41, 5.74) is 6.91. The molecule has 1 aromatic rings. The Morgan fingerprint density at radius 1 is 1.24 bits per heavy atom. The van der Waals surface area contributed by atoms with Crippen molar-refractivity contribution in [1.29, 1.82) is 0 Å². The van der Waals surface area contributed by atoms with Gasteiger partial charge in [-0.15, -0.1) is 0 Å². The molecule has 0 aromatic heterocycles. The van der Waals surface area contributed by atoms with Crippen molar-refractivity contribution in [2.24, 2.45) is 0 Å². The monoisotopic (exact) mass is 289 g/mol. The zero-order valence-corrected chi connectivity index (χ0v) is 11.9. The average molecular weight is 289 g/mol. The summed E-state index contributed by atoms with van der Waals surface area (Å²) in [5, 5.41) is 0. The molecule has 2 aliphatic heterocycles. The van der Waals surface area contributed by atoms with Gasteiger partial charge >= 0.3 is 0 Å². The molecule has 0 bridgehead atoms. The normalized spacial score (nSPS) is 18.2. The Hall–Kier alpha value is -2.24. The molecule has 0 atom stereocenters. The lowest BCUT2D eigenvalue weighted by molar-refractivity contribution is -0.132. The van der Waals surface area contributed by atoms with Crippen LogP contribution in [0.4, 0.5) is 11.4 Å². The third-order valence-electron chi connectivity index (χ3n) is 3.95. The smallest absolute Gasteiger partial charge is 0.265 e. The Morgan fingerprint density at radius 2 is 2.00 bits per heavy atom. The van der Waals surface area contributed by atoms with E-state index in [0.29, 0.717) is 17.1 Å². The first-order chi connectivity index (χ1) is 10.2. The van der Waals surface area contributed by atoms with Gasteiger partial charge in [0.2, 0.25) is 5.91 Å². The van der Waals surface area contributed by atoms with Crippen LogP contribution in [0, 0.1) is 0 Å². The SMILES string of the molecule is Nc1cccc2c1N(CC(=O)N1CCCCC1)C(=O)CO2. The molecule has 2 N–H and O–H groups in total. The molecule has 2 amide bonds. The Kier molecular flexibility index (Phi) is 3.68. The molecule has 2 heterocycles. The molecule has 3 rings (SSSR count). The number of rotatable bonds is 2. The quantitative estimate of drug-likeness (QED) is 0.824. The Bertz CT molecular complexity index is 567. The minimum absolute atomic E-state index is 0.0286. The number of hydrogen-bond donors (Lipinski definition) is 1. The maximum absolute atomic E-state index is 12.4.